The van der Waals surface area contributed by atoms with Gasteiger partial charge in [0.2, 0.25) is 0 Å². The van der Waals surface area contributed by atoms with Crippen LogP contribution in [-0.2, 0) is 16.0 Å². The van der Waals surface area contributed by atoms with Crippen LogP contribution in [0, 0.1) is 12.3 Å². The van der Waals surface area contributed by atoms with Crippen LogP contribution in [0.5, 0.6) is 0 Å². The summed E-state index contributed by atoms with van der Waals surface area (Å²) in [4.78, 5) is 12.5. The van der Waals surface area contributed by atoms with E-state index in [9.17, 15) is 9.90 Å². The van der Waals surface area contributed by atoms with Gasteiger partial charge in [-0.15, -0.1) is 0 Å². The second-order valence-corrected chi connectivity index (χ2v) is 7.77. The highest BCUT2D eigenvalue weighted by molar-refractivity contribution is 5.83. The quantitative estimate of drug-likeness (QED) is 0.554. The van der Waals surface area contributed by atoms with Gasteiger partial charge in [0.05, 0.1) is 12.7 Å². The van der Waals surface area contributed by atoms with E-state index in [2.05, 4.69) is 23.3 Å². The minimum Gasteiger partial charge on any atom is -0.389 e. The lowest BCUT2D eigenvalue weighted by Gasteiger charge is -2.16. The predicted octanol–water partition coefficient (Wildman–Crippen LogP) is 2.57. The van der Waals surface area contributed by atoms with Gasteiger partial charge in [0, 0.05) is 30.9 Å². The van der Waals surface area contributed by atoms with Crippen molar-refractivity contribution < 1.29 is 14.6 Å². The molecule has 0 bridgehead atoms. The fourth-order valence-electron chi connectivity index (χ4n) is 3.39. The third-order valence-electron chi connectivity index (χ3n) is 5.39. The van der Waals surface area contributed by atoms with E-state index in [-0.39, 0.29) is 18.6 Å². The van der Waals surface area contributed by atoms with Gasteiger partial charge in [0.15, 0.2) is 0 Å². The van der Waals surface area contributed by atoms with Crippen molar-refractivity contribution in [1.82, 2.24) is 10.6 Å². The Morgan fingerprint density at radius 2 is 2.00 bits per heavy atom. The van der Waals surface area contributed by atoms with Crippen molar-refractivity contribution in [2.45, 2.75) is 38.5 Å². The van der Waals surface area contributed by atoms with Gasteiger partial charge in [-0.2, -0.15) is 0 Å². The van der Waals surface area contributed by atoms with Crippen molar-refractivity contribution >= 4 is 12.1 Å². The second-order valence-electron chi connectivity index (χ2n) is 7.77. The average Bonchev–Trinajstić information content (AvgIpc) is 2.89. The number of aliphatic hydroxyl groups excluding tert-OH is 1. The third-order valence-corrected chi connectivity index (χ3v) is 5.39. The topological polar surface area (TPSA) is 94.4 Å². The molecule has 2 aromatic carbocycles. The molecule has 6 heteroatoms. The van der Waals surface area contributed by atoms with Crippen LogP contribution in [0.4, 0.5) is 0 Å². The predicted molar refractivity (Wildman–Crippen MR) is 119 cm³/mol. The molecular weight excluding hydrogens is 378 g/mol. The average molecular weight is 408 g/mol. The standard InChI is InChI=1S/C24H29N3O3/c1-15-10-20(8-9-21(15)12-25)19-6-4-18(5-7-19)11-16(2)27-24(29)23-13-26-17(3)22(28)14-30-23/h4-10,12,17,22-23,25-26,28H,2,11,13-14H2,1,3H3,(H,27,29). The lowest BCUT2D eigenvalue weighted by atomic mass is 9.98. The molecule has 0 spiro atoms. The van der Waals surface area contributed by atoms with Gasteiger partial charge in [0.1, 0.15) is 6.10 Å². The number of benzene rings is 2. The number of aryl methyl sites for hydroxylation is 1. The number of hydrogen-bond donors (Lipinski definition) is 4. The van der Waals surface area contributed by atoms with E-state index in [0.717, 1.165) is 27.8 Å². The Bertz CT molecular complexity index is 912. The van der Waals surface area contributed by atoms with E-state index in [1.165, 1.54) is 6.21 Å². The van der Waals surface area contributed by atoms with Gasteiger partial charge in [-0.3, -0.25) is 4.79 Å². The molecule has 158 valence electrons. The molecule has 0 saturated carbocycles. The zero-order chi connectivity index (χ0) is 21.7. The monoisotopic (exact) mass is 407 g/mol. The molecule has 0 aliphatic carbocycles. The molecule has 1 heterocycles. The van der Waals surface area contributed by atoms with Crippen molar-refractivity contribution in [2.75, 3.05) is 13.2 Å². The lowest BCUT2D eigenvalue weighted by Crippen LogP contribution is -2.43. The van der Waals surface area contributed by atoms with E-state index < -0.39 is 12.2 Å². The summed E-state index contributed by atoms with van der Waals surface area (Å²) in [6, 6.07) is 14.1. The zero-order valence-corrected chi connectivity index (χ0v) is 17.4. The number of carbonyl (C=O) groups is 1. The van der Waals surface area contributed by atoms with Crippen LogP contribution in [0.2, 0.25) is 0 Å². The number of carbonyl (C=O) groups excluding carboxylic acids is 1. The summed E-state index contributed by atoms with van der Waals surface area (Å²) in [7, 11) is 0. The first-order valence-corrected chi connectivity index (χ1v) is 10.1. The smallest absolute Gasteiger partial charge is 0.254 e. The molecule has 2 aromatic rings. The van der Waals surface area contributed by atoms with Crippen LogP contribution >= 0.6 is 0 Å². The Morgan fingerprint density at radius 1 is 1.30 bits per heavy atom. The molecule has 0 aromatic heterocycles. The first kappa shape index (κ1) is 21.9. The van der Waals surface area contributed by atoms with Crippen molar-refractivity contribution in [2.24, 2.45) is 0 Å². The number of aliphatic hydroxyl groups is 1. The summed E-state index contributed by atoms with van der Waals surface area (Å²) in [5.74, 6) is -0.257. The van der Waals surface area contributed by atoms with E-state index in [1.807, 2.05) is 50.2 Å². The van der Waals surface area contributed by atoms with Crippen LogP contribution in [0.3, 0.4) is 0 Å². The summed E-state index contributed by atoms with van der Waals surface area (Å²) < 4.78 is 5.51. The van der Waals surface area contributed by atoms with Crippen LogP contribution < -0.4 is 10.6 Å². The zero-order valence-electron chi connectivity index (χ0n) is 17.4. The number of nitrogens with one attached hydrogen (secondary N) is 3. The summed E-state index contributed by atoms with van der Waals surface area (Å²) in [5, 5.41) is 23.2. The highest BCUT2D eigenvalue weighted by Gasteiger charge is 2.27. The normalized spacial score (nSPS) is 21.5. The Hall–Kier alpha value is -2.80. The van der Waals surface area contributed by atoms with Gasteiger partial charge in [-0.25, -0.2) is 0 Å². The van der Waals surface area contributed by atoms with Crippen molar-refractivity contribution in [3.63, 3.8) is 0 Å². The fourth-order valence-corrected chi connectivity index (χ4v) is 3.39. The Labute approximate surface area is 177 Å². The summed E-state index contributed by atoms with van der Waals surface area (Å²) in [5.41, 5.74) is 5.82. The van der Waals surface area contributed by atoms with Crippen molar-refractivity contribution in [3.05, 3.63) is 71.4 Å². The van der Waals surface area contributed by atoms with Gasteiger partial charge in [0.25, 0.3) is 5.91 Å². The van der Waals surface area contributed by atoms with Crippen LogP contribution in [0.1, 0.15) is 23.6 Å². The van der Waals surface area contributed by atoms with E-state index in [4.69, 9.17) is 10.1 Å². The Kier molecular flexibility index (Phi) is 7.15. The Morgan fingerprint density at radius 3 is 2.67 bits per heavy atom. The summed E-state index contributed by atoms with van der Waals surface area (Å²) >= 11 is 0. The number of ether oxygens (including phenoxy) is 1. The van der Waals surface area contributed by atoms with E-state index >= 15 is 0 Å². The molecule has 0 radical (unpaired) electrons. The van der Waals surface area contributed by atoms with E-state index in [0.29, 0.717) is 18.7 Å². The molecule has 1 aliphatic heterocycles. The molecule has 1 saturated heterocycles. The summed E-state index contributed by atoms with van der Waals surface area (Å²) in [6.45, 7) is 8.31. The first-order valence-electron chi connectivity index (χ1n) is 10.1. The molecule has 1 aliphatic rings. The van der Waals surface area contributed by atoms with E-state index in [1.54, 1.807) is 0 Å². The SMILES string of the molecule is C=C(Cc1ccc(-c2ccc(C=N)c(C)c2)cc1)NC(=O)C1CNC(C)C(O)CO1. The van der Waals surface area contributed by atoms with Crippen molar-refractivity contribution in [3.8, 4) is 11.1 Å². The molecule has 3 unspecified atom stereocenters. The first-order chi connectivity index (χ1) is 14.4. The highest BCUT2D eigenvalue weighted by atomic mass is 16.5. The third kappa shape index (κ3) is 5.42. The lowest BCUT2D eigenvalue weighted by molar-refractivity contribution is -0.132. The summed E-state index contributed by atoms with van der Waals surface area (Å²) in [6.07, 6.45) is 0.600. The number of rotatable bonds is 6. The molecule has 6 nitrogen and oxygen atoms in total. The minimum absolute atomic E-state index is 0.116. The Balaban J connectivity index is 1.57. The van der Waals surface area contributed by atoms with Crippen molar-refractivity contribution in [1.29, 1.82) is 5.41 Å². The number of hydrogen-bond acceptors (Lipinski definition) is 5. The maximum absolute atomic E-state index is 12.5. The molecular formula is C24H29N3O3. The van der Waals surface area contributed by atoms with Gasteiger partial charge < -0.3 is 25.9 Å². The second kappa shape index (κ2) is 9.80. The van der Waals surface area contributed by atoms with Crippen LogP contribution in [-0.4, -0.2) is 48.6 Å². The van der Waals surface area contributed by atoms with Gasteiger partial charge >= 0.3 is 0 Å². The molecule has 30 heavy (non-hydrogen) atoms. The maximum Gasteiger partial charge on any atom is 0.254 e. The van der Waals surface area contributed by atoms with Crippen LogP contribution in [0.25, 0.3) is 11.1 Å². The van der Waals surface area contributed by atoms with Gasteiger partial charge in [-0.05, 0) is 41.7 Å². The van der Waals surface area contributed by atoms with Gasteiger partial charge in [-0.1, -0.05) is 49.0 Å². The largest absolute Gasteiger partial charge is 0.389 e. The maximum atomic E-state index is 12.5. The minimum atomic E-state index is -0.657. The highest BCUT2D eigenvalue weighted by Crippen LogP contribution is 2.23. The fraction of sp³-hybridized carbons (Fsp3) is 0.333. The molecule has 3 rings (SSSR count). The molecule has 1 amide bonds. The molecule has 3 atom stereocenters. The molecule has 4 N–H and O–H groups in total. The number of allylic oxidation sites excluding steroid dienone is 1. The molecule has 1 fully saturated rings. The number of amides is 1. The van der Waals surface area contributed by atoms with Crippen LogP contribution in [0.15, 0.2) is 54.7 Å².